The lowest BCUT2D eigenvalue weighted by Gasteiger charge is -2.03. The Kier molecular flexibility index (Phi) is 3.88. The number of aryl methyl sites for hydroxylation is 1. The van der Waals surface area contributed by atoms with E-state index in [-0.39, 0.29) is 11.7 Å². The summed E-state index contributed by atoms with van der Waals surface area (Å²) in [5, 5.41) is 17.6. The second-order valence-electron chi connectivity index (χ2n) is 4.62. The number of hydrazone groups is 1. The number of carbonyl (C=O) groups excluding carboxylic acids is 1. The number of hydrogen-bond donors (Lipinski definition) is 2. The van der Waals surface area contributed by atoms with Crippen LogP contribution in [-0.4, -0.2) is 21.9 Å². The fourth-order valence-corrected chi connectivity index (χ4v) is 3.20. The zero-order valence-corrected chi connectivity index (χ0v) is 14.4. The van der Waals surface area contributed by atoms with Crippen molar-refractivity contribution in [2.24, 2.45) is 5.10 Å². The van der Waals surface area contributed by atoms with Crippen molar-refractivity contribution in [3.8, 4) is 5.75 Å². The number of benzene rings is 1. The van der Waals surface area contributed by atoms with E-state index < -0.39 is 0 Å². The lowest BCUT2D eigenvalue weighted by Crippen LogP contribution is -2.13. The molecule has 0 aliphatic carbocycles. The molecule has 0 unspecified atom stereocenters. The molecule has 0 saturated heterocycles. The first-order chi connectivity index (χ1) is 10.5. The van der Waals surface area contributed by atoms with E-state index >= 15 is 0 Å². The Labute approximate surface area is 142 Å². The number of amides is 1. The molecule has 8 heteroatoms. The van der Waals surface area contributed by atoms with E-state index in [2.05, 4.69) is 47.5 Å². The van der Waals surface area contributed by atoms with Crippen LogP contribution in [-0.2, 0) is 4.79 Å². The normalized spacial score (nSPS) is 16.0. The molecular formula is C14H9Br2N3O3. The Balaban J connectivity index is 2.05. The number of nitrogens with one attached hydrogen (secondary N) is 1. The van der Waals surface area contributed by atoms with Crippen molar-refractivity contribution in [2.45, 2.75) is 6.92 Å². The Morgan fingerprint density at radius 1 is 1.27 bits per heavy atom. The molecule has 0 bridgehead atoms. The summed E-state index contributed by atoms with van der Waals surface area (Å²) in [5.74, 6) is 0.404. The molecule has 1 amide bonds. The van der Waals surface area contributed by atoms with Crippen molar-refractivity contribution in [3.05, 3.63) is 49.7 Å². The average Bonchev–Trinajstić information content (AvgIpc) is 3.03. The SMILES string of the molecule is Cc1cc(C2=NNC(=O)C2=Cc2cc(Br)c(O)c(Br)c2)no1. The Morgan fingerprint density at radius 3 is 2.55 bits per heavy atom. The number of phenolic OH excluding ortho intramolecular Hbond substituents is 1. The zero-order valence-electron chi connectivity index (χ0n) is 11.2. The van der Waals surface area contributed by atoms with Gasteiger partial charge in [-0.1, -0.05) is 5.16 Å². The second-order valence-corrected chi connectivity index (χ2v) is 6.32. The van der Waals surface area contributed by atoms with Gasteiger partial charge in [0, 0.05) is 6.07 Å². The van der Waals surface area contributed by atoms with E-state index in [1.807, 2.05) is 0 Å². The van der Waals surface area contributed by atoms with Gasteiger partial charge >= 0.3 is 0 Å². The van der Waals surface area contributed by atoms with Crippen LogP contribution in [0.1, 0.15) is 17.0 Å². The fourth-order valence-electron chi connectivity index (χ4n) is 1.98. The van der Waals surface area contributed by atoms with Crippen LogP contribution < -0.4 is 5.43 Å². The van der Waals surface area contributed by atoms with E-state index in [1.165, 1.54) is 0 Å². The van der Waals surface area contributed by atoms with Crippen molar-refractivity contribution >= 4 is 49.6 Å². The van der Waals surface area contributed by atoms with Crippen LogP contribution in [0.15, 0.2) is 42.3 Å². The predicted octanol–water partition coefficient (Wildman–Crippen LogP) is 3.13. The number of hydrogen-bond acceptors (Lipinski definition) is 5. The van der Waals surface area contributed by atoms with Gasteiger partial charge in [-0.2, -0.15) is 5.10 Å². The van der Waals surface area contributed by atoms with E-state index in [9.17, 15) is 9.90 Å². The molecule has 0 atom stereocenters. The van der Waals surface area contributed by atoms with Gasteiger partial charge in [0.25, 0.3) is 5.91 Å². The highest BCUT2D eigenvalue weighted by atomic mass is 79.9. The third kappa shape index (κ3) is 2.71. The van der Waals surface area contributed by atoms with Gasteiger partial charge in [0.05, 0.1) is 14.5 Å². The minimum absolute atomic E-state index is 0.0963. The standard InChI is InChI=1S/C14H9Br2N3O3/c1-6-2-11(19-22-6)12-8(14(21)18-17-12)3-7-4-9(15)13(20)10(16)5-7/h2-5,20H,1H3,(H,18,21). The third-order valence-electron chi connectivity index (χ3n) is 2.99. The first-order valence-electron chi connectivity index (χ1n) is 6.17. The van der Waals surface area contributed by atoms with E-state index in [1.54, 1.807) is 31.2 Å². The van der Waals surface area contributed by atoms with E-state index in [4.69, 9.17) is 4.52 Å². The maximum absolute atomic E-state index is 12.0. The molecule has 1 aliphatic heterocycles. The van der Waals surface area contributed by atoms with Crippen LogP contribution in [0, 0.1) is 6.92 Å². The summed E-state index contributed by atoms with van der Waals surface area (Å²) in [6.07, 6.45) is 1.67. The molecule has 1 aromatic heterocycles. The quantitative estimate of drug-likeness (QED) is 0.722. The smallest absolute Gasteiger partial charge is 0.273 e. The van der Waals surface area contributed by atoms with Gasteiger partial charge in [-0.15, -0.1) is 0 Å². The molecule has 1 aromatic carbocycles. The minimum Gasteiger partial charge on any atom is -0.506 e. The molecule has 0 radical (unpaired) electrons. The van der Waals surface area contributed by atoms with Gasteiger partial charge in [-0.25, -0.2) is 5.43 Å². The van der Waals surface area contributed by atoms with Gasteiger partial charge in [-0.05, 0) is 62.6 Å². The molecule has 6 nitrogen and oxygen atoms in total. The summed E-state index contributed by atoms with van der Waals surface area (Å²) in [6.45, 7) is 1.76. The third-order valence-corrected chi connectivity index (χ3v) is 4.20. The summed E-state index contributed by atoms with van der Waals surface area (Å²) in [7, 11) is 0. The van der Waals surface area contributed by atoms with Gasteiger partial charge in [-0.3, -0.25) is 4.79 Å². The second kappa shape index (κ2) is 5.69. The van der Waals surface area contributed by atoms with Crippen molar-refractivity contribution in [1.82, 2.24) is 10.6 Å². The van der Waals surface area contributed by atoms with Crippen LogP contribution in [0.5, 0.6) is 5.75 Å². The van der Waals surface area contributed by atoms with Crippen molar-refractivity contribution in [3.63, 3.8) is 0 Å². The molecule has 1 aliphatic rings. The largest absolute Gasteiger partial charge is 0.506 e. The molecule has 0 spiro atoms. The number of aromatic nitrogens is 1. The number of nitrogens with zero attached hydrogens (tertiary/aromatic N) is 2. The lowest BCUT2D eigenvalue weighted by atomic mass is 10.0. The highest BCUT2D eigenvalue weighted by Gasteiger charge is 2.26. The molecule has 112 valence electrons. The van der Waals surface area contributed by atoms with E-state index in [0.29, 0.717) is 31.7 Å². The van der Waals surface area contributed by atoms with Gasteiger partial charge in [0.2, 0.25) is 0 Å². The van der Waals surface area contributed by atoms with Crippen LogP contribution in [0.4, 0.5) is 0 Å². The number of aromatic hydroxyl groups is 1. The fraction of sp³-hybridized carbons (Fsp3) is 0.0714. The number of phenols is 1. The monoisotopic (exact) mass is 425 g/mol. The highest BCUT2D eigenvalue weighted by molar-refractivity contribution is 9.11. The molecule has 3 rings (SSSR count). The molecule has 2 heterocycles. The maximum atomic E-state index is 12.0. The van der Waals surface area contributed by atoms with E-state index in [0.717, 1.165) is 5.56 Å². The van der Waals surface area contributed by atoms with Crippen molar-refractivity contribution < 1.29 is 14.4 Å². The summed E-state index contributed by atoms with van der Waals surface area (Å²) in [5.41, 5.74) is 4.41. The van der Waals surface area contributed by atoms with Crippen molar-refractivity contribution in [1.29, 1.82) is 0 Å². The molecule has 0 fully saturated rings. The molecular weight excluding hydrogens is 418 g/mol. The summed E-state index contributed by atoms with van der Waals surface area (Å²) >= 11 is 6.51. The van der Waals surface area contributed by atoms with Crippen molar-refractivity contribution in [2.75, 3.05) is 0 Å². The minimum atomic E-state index is -0.323. The first kappa shape index (κ1) is 15.0. The number of carbonyl (C=O) groups is 1. The Bertz CT molecular complexity index is 817. The summed E-state index contributed by atoms with van der Waals surface area (Å²) in [6, 6.07) is 5.10. The summed E-state index contributed by atoms with van der Waals surface area (Å²) < 4.78 is 6.05. The van der Waals surface area contributed by atoms with Gasteiger partial charge in [0.1, 0.15) is 22.9 Å². The zero-order chi connectivity index (χ0) is 15.9. The molecule has 0 saturated carbocycles. The summed E-state index contributed by atoms with van der Waals surface area (Å²) in [4.78, 5) is 12.0. The highest BCUT2D eigenvalue weighted by Crippen LogP contribution is 2.34. The molecule has 2 aromatic rings. The lowest BCUT2D eigenvalue weighted by molar-refractivity contribution is -0.116. The van der Waals surface area contributed by atoms with Gasteiger partial charge < -0.3 is 9.63 Å². The average molecular weight is 427 g/mol. The van der Waals surface area contributed by atoms with Gasteiger partial charge in [0.15, 0.2) is 0 Å². The molecule has 2 N–H and O–H groups in total. The Morgan fingerprint density at radius 2 is 1.95 bits per heavy atom. The van der Waals surface area contributed by atoms with Crippen LogP contribution >= 0.6 is 31.9 Å². The topological polar surface area (TPSA) is 87.7 Å². The van der Waals surface area contributed by atoms with Crippen LogP contribution in [0.25, 0.3) is 6.08 Å². The molecule has 22 heavy (non-hydrogen) atoms. The predicted molar refractivity (Wildman–Crippen MR) is 87.4 cm³/mol. The first-order valence-corrected chi connectivity index (χ1v) is 7.76. The Hall–Kier alpha value is -1.93. The maximum Gasteiger partial charge on any atom is 0.273 e. The number of rotatable bonds is 2. The van der Waals surface area contributed by atoms with Crippen LogP contribution in [0.2, 0.25) is 0 Å². The van der Waals surface area contributed by atoms with Crippen LogP contribution in [0.3, 0.4) is 0 Å². The number of halogens is 2.